The summed E-state index contributed by atoms with van der Waals surface area (Å²) in [6.45, 7) is 5.68. The Morgan fingerprint density at radius 3 is 2.62 bits per heavy atom. The molecule has 0 saturated carbocycles. The maximum absolute atomic E-state index is 13.2. The number of fused-ring (bicyclic) bond motifs is 1. The van der Waals surface area contributed by atoms with Gasteiger partial charge in [0.25, 0.3) is 0 Å². The predicted molar refractivity (Wildman–Crippen MR) is 83.7 cm³/mol. The molecule has 1 saturated heterocycles. The highest BCUT2D eigenvalue weighted by Gasteiger charge is 2.37. The summed E-state index contributed by atoms with van der Waals surface area (Å²) in [6, 6.07) is 5.88. The minimum atomic E-state index is -3.40. The molecule has 0 radical (unpaired) electrons. The van der Waals surface area contributed by atoms with Crippen LogP contribution < -0.4 is 5.32 Å². The maximum Gasteiger partial charge on any atom is 0.243 e. The average molecular weight is 308 g/mol. The van der Waals surface area contributed by atoms with Gasteiger partial charge in [0.15, 0.2) is 0 Å². The quantitative estimate of drug-likeness (QED) is 0.912. The van der Waals surface area contributed by atoms with E-state index in [1.807, 2.05) is 26.0 Å². The Hall–Kier alpha value is -0.910. The van der Waals surface area contributed by atoms with Crippen molar-refractivity contribution in [3.8, 4) is 0 Å². The molecule has 1 aromatic rings. The van der Waals surface area contributed by atoms with Gasteiger partial charge in [-0.1, -0.05) is 18.6 Å². The Morgan fingerprint density at radius 1 is 1.19 bits per heavy atom. The van der Waals surface area contributed by atoms with Crippen molar-refractivity contribution in [3.63, 3.8) is 0 Å². The van der Waals surface area contributed by atoms with E-state index in [1.54, 1.807) is 10.4 Å². The third-order valence-corrected chi connectivity index (χ3v) is 6.98. The van der Waals surface area contributed by atoms with Crippen molar-refractivity contribution in [2.45, 2.75) is 63.1 Å². The van der Waals surface area contributed by atoms with Crippen molar-refractivity contribution in [1.82, 2.24) is 9.62 Å². The van der Waals surface area contributed by atoms with Gasteiger partial charge < -0.3 is 5.32 Å². The second-order valence-electron chi connectivity index (χ2n) is 6.28. The van der Waals surface area contributed by atoms with E-state index in [-0.39, 0.29) is 12.1 Å². The van der Waals surface area contributed by atoms with Crippen LogP contribution in [0.3, 0.4) is 0 Å². The smallest absolute Gasteiger partial charge is 0.243 e. The Labute approximate surface area is 127 Å². The monoisotopic (exact) mass is 308 g/mol. The molecule has 5 heteroatoms. The van der Waals surface area contributed by atoms with E-state index in [2.05, 4.69) is 5.32 Å². The summed E-state index contributed by atoms with van der Waals surface area (Å²) < 4.78 is 28.1. The highest BCUT2D eigenvalue weighted by atomic mass is 32.2. The van der Waals surface area contributed by atoms with E-state index in [0.29, 0.717) is 4.90 Å². The van der Waals surface area contributed by atoms with Crippen LogP contribution in [0.15, 0.2) is 23.1 Å². The van der Waals surface area contributed by atoms with E-state index >= 15 is 0 Å². The van der Waals surface area contributed by atoms with E-state index < -0.39 is 10.0 Å². The molecule has 1 N–H and O–H groups in total. The molecule has 4 nitrogen and oxygen atoms in total. The Bertz CT molecular complexity index is 617. The number of sulfonamides is 1. The first-order chi connectivity index (χ1) is 10.0. The van der Waals surface area contributed by atoms with Gasteiger partial charge in [-0.3, -0.25) is 0 Å². The first kappa shape index (κ1) is 15.0. The topological polar surface area (TPSA) is 49.4 Å². The maximum atomic E-state index is 13.2. The van der Waals surface area contributed by atoms with Crippen molar-refractivity contribution >= 4 is 10.0 Å². The fourth-order valence-corrected chi connectivity index (χ4v) is 5.90. The van der Waals surface area contributed by atoms with Gasteiger partial charge in [0.05, 0.1) is 4.90 Å². The fourth-order valence-electron chi connectivity index (χ4n) is 3.72. The van der Waals surface area contributed by atoms with Gasteiger partial charge >= 0.3 is 0 Å². The number of benzene rings is 1. The lowest BCUT2D eigenvalue weighted by Crippen LogP contribution is -2.47. The van der Waals surface area contributed by atoms with Gasteiger partial charge in [0, 0.05) is 18.6 Å². The molecule has 0 spiro atoms. The van der Waals surface area contributed by atoms with E-state index in [9.17, 15) is 8.42 Å². The van der Waals surface area contributed by atoms with Crippen molar-refractivity contribution in [2.75, 3.05) is 6.54 Å². The summed E-state index contributed by atoms with van der Waals surface area (Å²) >= 11 is 0. The number of nitrogens with zero attached hydrogens (tertiary/aromatic N) is 1. The summed E-state index contributed by atoms with van der Waals surface area (Å²) in [5, 5.41) is 3.31. The number of rotatable bonds is 2. The summed E-state index contributed by atoms with van der Waals surface area (Å²) in [5.74, 6) is 0. The molecule has 0 amide bonds. The SMILES string of the molecule is C[C@@H]1CCC[C@H](C)N1S(=O)(=O)c1cccc2c1CCNC2. The molecule has 2 atom stereocenters. The van der Waals surface area contributed by atoms with Gasteiger partial charge in [-0.15, -0.1) is 0 Å². The third-order valence-electron chi connectivity index (χ3n) is 4.77. The molecular weight excluding hydrogens is 284 g/mol. The average Bonchev–Trinajstić information content (AvgIpc) is 2.46. The summed E-state index contributed by atoms with van der Waals surface area (Å²) in [7, 11) is -3.40. The lowest BCUT2D eigenvalue weighted by molar-refractivity contribution is 0.204. The lowest BCUT2D eigenvalue weighted by Gasteiger charge is -2.38. The molecule has 0 unspecified atom stereocenters. The second-order valence-corrected chi connectivity index (χ2v) is 8.10. The molecule has 1 fully saturated rings. The zero-order valence-corrected chi connectivity index (χ0v) is 13.6. The highest BCUT2D eigenvalue weighted by molar-refractivity contribution is 7.89. The summed E-state index contributed by atoms with van der Waals surface area (Å²) in [6.07, 6.45) is 3.83. The largest absolute Gasteiger partial charge is 0.312 e. The minimum Gasteiger partial charge on any atom is -0.312 e. The van der Waals surface area contributed by atoms with Crippen LogP contribution in [0.5, 0.6) is 0 Å². The van der Waals surface area contributed by atoms with Crippen LogP contribution in [-0.2, 0) is 23.0 Å². The highest BCUT2D eigenvalue weighted by Crippen LogP contribution is 2.32. The van der Waals surface area contributed by atoms with E-state index in [4.69, 9.17) is 0 Å². The number of piperidine rings is 1. The van der Waals surface area contributed by atoms with Gasteiger partial charge in [-0.25, -0.2) is 8.42 Å². The lowest BCUT2D eigenvalue weighted by atomic mass is 10.0. The molecule has 21 heavy (non-hydrogen) atoms. The van der Waals surface area contributed by atoms with Crippen molar-refractivity contribution in [1.29, 1.82) is 0 Å². The predicted octanol–water partition coefficient (Wildman–Crippen LogP) is 2.28. The number of hydrogen-bond acceptors (Lipinski definition) is 3. The molecule has 0 aliphatic carbocycles. The summed E-state index contributed by atoms with van der Waals surface area (Å²) in [4.78, 5) is 0.530. The first-order valence-corrected chi connectivity index (χ1v) is 9.31. The van der Waals surface area contributed by atoms with E-state index in [0.717, 1.165) is 49.9 Å². The Kier molecular flexibility index (Phi) is 4.08. The van der Waals surface area contributed by atoms with Crippen LogP contribution in [-0.4, -0.2) is 31.4 Å². The Balaban J connectivity index is 2.06. The molecule has 0 bridgehead atoms. The van der Waals surface area contributed by atoms with Gasteiger partial charge in [-0.05, 0) is 56.8 Å². The molecular formula is C16H24N2O2S. The van der Waals surface area contributed by atoms with Crippen molar-refractivity contribution in [3.05, 3.63) is 29.3 Å². The van der Waals surface area contributed by atoms with Gasteiger partial charge in [-0.2, -0.15) is 4.31 Å². The van der Waals surface area contributed by atoms with Crippen LogP contribution in [0.2, 0.25) is 0 Å². The Morgan fingerprint density at radius 2 is 1.90 bits per heavy atom. The van der Waals surface area contributed by atoms with Gasteiger partial charge in [0.2, 0.25) is 10.0 Å². The standard InChI is InChI=1S/C16H24N2O2S/c1-12-5-3-6-13(2)18(12)21(19,20)16-8-4-7-14-11-17-10-9-15(14)16/h4,7-8,12-13,17H,3,5-6,9-11H2,1-2H3/t12-,13+. The number of nitrogens with one attached hydrogen (secondary N) is 1. The van der Waals surface area contributed by atoms with Gasteiger partial charge in [0.1, 0.15) is 0 Å². The van der Waals surface area contributed by atoms with Crippen LogP contribution in [0.1, 0.15) is 44.2 Å². The van der Waals surface area contributed by atoms with Crippen molar-refractivity contribution in [2.24, 2.45) is 0 Å². The van der Waals surface area contributed by atoms with Crippen LogP contribution >= 0.6 is 0 Å². The van der Waals surface area contributed by atoms with Crippen molar-refractivity contribution < 1.29 is 8.42 Å². The molecule has 1 aromatic carbocycles. The zero-order valence-electron chi connectivity index (χ0n) is 12.8. The molecule has 116 valence electrons. The first-order valence-electron chi connectivity index (χ1n) is 7.87. The molecule has 2 heterocycles. The molecule has 2 aliphatic heterocycles. The number of hydrogen-bond donors (Lipinski definition) is 1. The second kappa shape index (κ2) is 5.71. The normalized spacial score (nSPS) is 27.3. The van der Waals surface area contributed by atoms with E-state index in [1.165, 1.54) is 0 Å². The minimum absolute atomic E-state index is 0.0938. The van der Waals surface area contributed by atoms with Crippen LogP contribution in [0, 0.1) is 0 Å². The molecule has 2 aliphatic rings. The van der Waals surface area contributed by atoms with Crippen LogP contribution in [0.25, 0.3) is 0 Å². The third kappa shape index (κ3) is 2.62. The fraction of sp³-hybridized carbons (Fsp3) is 0.625. The summed E-state index contributed by atoms with van der Waals surface area (Å²) in [5.41, 5.74) is 2.14. The molecule has 0 aromatic heterocycles. The van der Waals surface area contributed by atoms with Crippen LogP contribution in [0.4, 0.5) is 0 Å². The zero-order chi connectivity index (χ0) is 15.0. The molecule has 3 rings (SSSR count).